The molecule has 0 aliphatic carbocycles. The van der Waals surface area contributed by atoms with Gasteiger partial charge in [-0.1, -0.05) is 50.2 Å². The number of carbonyl (C=O) groups is 1. The third kappa shape index (κ3) is 5.32. The van der Waals surface area contributed by atoms with Crippen molar-refractivity contribution < 1.29 is 31.9 Å². The molecular weight excluding hydrogens is 487 g/mol. The Morgan fingerprint density at radius 1 is 0.811 bits per heavy atom. The summed E-state index contributed by atoms with van der Waals surface area (Å²) in [6, 6.07) is 16.8. The maximum Gasteiger partial charge on any atom is 0.416 e. The van der Waals surface area contributed by atoms with Crippen molar-refractivity contribution >= 4 is 5.78 Å². The van der Waals surface area contributed by atoms with E-state index in [0.29, 0.717) is 33.4 Å². The van der Waals surface area contributed by atoms with Crippen LogP contribution in [0.25, 0.3) is 22.3 Å². The summed E-state index contributed by atoms with van der Waals surface area (Å²) >= 11 is 0. The number of aliphatic hydroxyl groups excluding tert-OH is 1. The Morgan fingerprint density at radius 2 is 1.32 bits per heavy atom. The van der Waals surface area contributed by atoms with E-state index in [2.05, 4.69) is 0 Å². The van der Waals surface area contributed by atoms with E-state index < -0.39 is 35.8 Å². The highest BCUT2D eigenvalue weighted by molar-refractivity contribution is 6.15. The molecule has 4 rings (SSSR count). The zero-order valence-corrected chi connectivity index (χ0v) is 20.0. The lowest BCUT2D eigenvalue weighted by molar-refractivity contribution is -0.137. The van der Waals surface area contributed by atoms with Gasteiger partial charge in [-0.25, -0.2) is 8.78 Å². The number of benzene rings is 4. The van der Waals surface area contributed by atoms with Crippen LogP contribution in [0.4, 0.5) is 22.0 Å². The predicted octanol–water partition coefficient (Wildman–Crippen LogP) is 8.16. The molecule has 2 nitrogen and oxygen atoms in total. The molecule has 0 bridgehead atoms. The van der Waals surface area contributed by atoms with Crippen molar-refractivity contribution in [2.45, 2.75) is 32.5 Å². The van der Waals surface area contributed by atoms with E-state index in [1.807, 2.05) is 13.8 Å². The normalized spacial score (nSPS) is 11.7. The summed E-state index contributed by atoms with van der Waals surface area (Å²) < 4.78 is 66.7. The third-order valence-corrected chi connectivity index (χ3v) is 6.24. The Kier molecular flexibility index (Phi) is 7.28. The highest BCUT2D eigenvalue weighted by Gasteiger charge is 2.31. The average molecular weight is 511 g/mol. The second kappa shape index (κ2) is 10.3. The molecule has 0 aliphatic heterocycles. The minimum absolute atomic E-state index is 0.0386. The van der Waals surface area contributed by atoms with Gasteiger partial charge in [-0.05, 0) is 81.8 Å². The Hall–Kier alpha value is -3.84. The Morgan fingerprint density at radius 3 is 1.78 bits per heavy atom. The lowest BCUT2D eigenvalue weighted by atomic mass is 9.80. The van der Waals surface area contributed by atoms with Crippen LogP contribution in [0.1, 0.15) is 52.4 Å². The Bertz CT molecular complexity index is 1420. The largest absolute Gasteiger partial charge is 0.416 e. The topological polar surface area (TPSA) is 37.3 Å². The van der Waals surface area contributed by atoms with Gasteiger partial charge in [0.2, 0.25) is 0 Å². The Balaban J connectivity index is 2.04. The number of rotatable bonds is 6. The fraction of sp³-hybridized carbons (Fsp3) is 0.167. The number of hydrogen-bond donors (Lipinski definition) is 1. The molecule has 0 spiro atoms. The first kappa shape index (κ1) is 26.2. The zero-order valence-electron chi connectivity index (χ0n) is 20.0. The molecule has 0 unspecified atom stereocenters. The molecule has 0 saturated heterocycles. The molecule has 0 fully saturated rings. The minimum atomic E-state index is -4.55. The van der Waals surface area contributed by atoms with Crippen LogP contribution in [0.3, 0.4) is 0 Å². The molecule has 0 radical (unpaired) electrons. The smallest absolute Gasteiger partial charge is 0.392 e. The van der Waals surface area contributed by atoms with E-state index in [1.165, 1.54) is 36.4 Å². The molecule has 0 amide bonds. The monoisotopic (exact) mass is 510 g/mol. The second-order valence-electron chi connectivity index (χ2n) is 8.97. The van der Waals surface area contributed by atoms with E-state index in [-0.39, 0.29) is 17.0 Å². The van der Waals surface area contributed by atoms with Crippen LogP contribution in [0.15, 0.2) is 78.9 Å². The first-order valence-electron chi connectivity index (χ1n) is 11.6. The summed E-state index contributed by atoms with van der Waals surface area (Å²) in [6.45, 7) is 3.23. The number of carbonyl (C=O) groups excluding carboxylic acids is 1. The van der Waals surface area contributed by atoms with Gasteiger partial charge >= 0.3 is 6.18 Å². The summed E-state index contributed by atoms with van der Waals surface area (Å²) in [7, 11) is 0. The van der Waals surface area contributed by atoms with Gasteiger partial charge in [-0.3, -0.25) is 4.79 Å². The molecule has 0 aromatic heterocycles. The van der Waals surface area contributed by atoms with Crippen molar-refractivity contribution in [3.63, 3.8) is 0 Å². The van der Waals surface area contributed by atoms with Crippen LogP contribution in [-0.2, 0) is 12.8 Å². The lowest BCUT2D eigenvalue weighted by Crippen LogP contribution is -2.13. The molecule has 0 saturated carbocycles. The molecule has 1 N–H and O–H groups in total. The van der Waals surface area contributed by atoms with Crippen molar-refractivity contribution in [1.82, 2.24) is 0 Å². The molecule has 4 aromatic rings. The summed E-state index contributed by atoms with van der Waals surface area (Å²) in [5.41, 5.74) is 2.27. The second-order valence-corrected chi connectivity index (χ2v) is 8.97. The van der Waals surface area contributed by atoms with Crippen LogP contribution in [0.5, 0.6) is 0 Å². The van der Waals surface area contributed by atoms with E-state index in [1.54, 1.807) is 18.2 Å². The molecule has 37 heavy (non-hydrogen) atoms. The van der Waals surface area contributed by atoms with Gasteiger partial charge in [-0.15, -0.1) is 0 Å². The molecule has 190 valence electrons. The highest BCUT2D eigenvalue weighted by Crippen LogP contribution is 2.41. The SMILES string of the molecule is CC(C)c1cc(-c2ccc(F)cc2)c(CO)c(-c2ccc(F)cc2)c1C(=O)c1ccc(C(F)(F)F)cc1. The molecule has 0 heterocycles. The van der Waals surface area contributed by atoms with Crippen molar-refractivity contribution in [3.8, 4) is 22.3 Å². The quantitative estimate of drug-likeness (QED) is 0.210. The highest BCUT2D eigenvalue weighted by atomic mass is 19.4. The van der Waals surface area contributed by atoms with Gasteiger partial charge in [0.1, 0.15) is 11.6 Å². The van der Waals surface area contributed by atoms with Crippen LogP contribution in [0, 0.1) is 11.6 Å². The van der Waals surface area contributed by atoms with E-state index in [4.69, 9.17) is 0 Å². The zero-order chi connectivity index (χ0) is 26.9. The maximum absolute atomic E-state index is 13.9. The molecule has 0 aliphatic rings. The van der Waals surface area contributed by atoms with Crippen molar-refractivity contribution in [2.75, 3.05) is 0 Å². The first-order chi connectivity index (χ1) is 17.5. The maximum atomic E-state index is 13.9. The van der Waals surface area contributed by atoms with Gasteiger partial charge in [0.25, 0.3) is 0 Å². The van der Waals surface area contributed by atoms with Gasteiger partial charge in [-0.2, -0.15) is 13.2 Å². The fourth-order valence-electron chi connectivity index (χ4n) is 4.39. The number of halogens is 5. The number of ketones is 1. The number of aliphatic hydroxyl groups is 1. The third-order valence-electron chi connectivity index (χ3n) is 6.24. The molecule has 4 aromatic carbocycles. The summed E-state index contributed by atoms with van der Waals surface area (Å²) in [4.78, 5) is 13.9. The van der Waals surface area contributed by atoms with E-state index in [0.717, 1.165) is 24.3 Å². The van der Waals surface area contributed by atoms with Gasteiger partial charge < -0.3 is 5.11 Å². The summed E-state index contributed by atoms with van der Waals surface area (Å²) in [5.74, 6) is -1.67. The molecule has 0 atom stereocenters. The summed E-state index contributed by atoms with van der Waals surface area (Å²) in [5, 5.41) is 10.5. The number of hydrogen-bond acceptors (Lipinski definition) is 2. The first-order valence-corrected chi connectivity index (χ1v) is 11.6. The van der Waals surface area contributed by atoms with E-state index in [9.17, 15) is 31.9 Å². The Labute approximate surface area is 211 Å². The van der Waals surface area contributed by atoms with Gasteiger partial charge in [0.15, 0.2) is 5.78 Å². The average Bonchev–Trinajstić information content (AvgIpc) is 2.87. The summed E-state index contributed by atoms with van der Waals surface area (Å²) in [6.07, 6.45) is -4.55. The minimum Gasteiger partial charge on any atom is -0.392 e. The molecular formula is C30H23F5O2. The van der Waals surface area contributed by atoms with Crippen LogP contribution >= 0.6 is 0 Å². The van der Waals surface area contributed by atoms with Crippen LogP contribution < -0.4 is 0 Å². The number of alkyl halides is 3. The predicted molar refractivity (Wildman–Crippen MR) is 132 cm³/mol. The van der Waals surface area contributed by atoms with Crippen LogP contribution in [-0.4, -0.2) is 10.9 Å². The van der Waals surface area contributed by atoms with Crippen molar-refractivity contribution in [2.24, 2.45) is 0 Å². The van der Waals surface area contributed by atoms with E-state index >= 15 is 0 Å². The standard InChI is InChI=1S/C30H23F5O2/c1-17(2)24-15-25(18-5-11-22(31)12-6-18)26(16-36)27(19-7-13-23(32)14-8-19)28(24)29(37)20-3-9-21(10-4-20)30(33,34)35/h3-15,17,36H,16H2,1-2H3. The van der Waals surface area contributed by atoms with Gasteiger partial charge in [0.05, 0.1) is 12.2 Å². The van der Waals surface area contributed by atoms with Crippen molar-refractivity contribution in [3.05, 3.63) is 118 Å². The van der Waals surface area contributed by atoms with Crippen LogP contribution in [0.2, 0.25) is 0 Å². The van der Waals surface area contributed by atoms with Gasteiger partial charge in [0, 0.05) is 11.1 Å². The van der Waals surface area contributed by atoms with Crippen molar-refractivity contribution in [1.29, 1.82) is 0 Å². The lowest BCUT2D eigenvalue weighted by Gasteiger charge is -2.23. The molecule has 7 heteroatoms. The fourth-order valence-corrected chi connectivity index (χ4v) is 4.39.